The number of esters is 2. The molecule has 1 aromatic rings. The second-order valence-corrected chi connectivity index (χ2v) is 21.8. The molecule has 10 nitrogen and oxygen atoms in total. The lowest BCUT2D eigenvalue weighted by atomic mass is 9.47. The van der Waals surface area contributed by atoms with Crippen LogP contribution in [0.5, 0.6) is 0 Å². The number of nitrogens with one attached hydrogen (secondary N) is 2. The molecule has 1 aromatic carbocycles. The van der Waals surface area contributed by atoms with Crippen molar-refractivity contribution >= 4 is 29.7 Å². The summed E-state index contributed by atoms with van der Waals surface area (Å²) in [5.41, 5.74) is 1.77. The first-order valence-electron chi connectivity index (χ1n) is 22.4. The fourth-order valence-electron chi connectivity index (χ4n) is 14.1. The van der Waals surface area contributed by atoms with Gasteiger partial charge in [-0.1, -0.05) is 71.2 Å². The summed E-state index contributed by atoms with van der Waals surface area (Å²) in [6.07, 6.45) is 5.69. The van der Waals surface area contributed by atoms with Gasteiger partial charge in [-0.2, -0.15) is 0 Å². The lowest BCUT2D eigenvalue weighted by Gasteiger charge is -2.58. The number of hydrogen-bond acceptors (Lipinski definition) is 8. The Kier molecular flexibility index (Phi) is 10.0. The summed E-state index contributed by atoms with van der Waals surface area (Å²) in [6, 6.07) is 9.53. The van der Waals surface area contributed by atoms with Gasteiger partial charge in [0.15, 0.2) is 5.78 Å². The van der Waals surface area contributed by atoms with Crippen LogP contribution in [0.2, 0.25) is 0 Å². The van der Waals surface area contributed by atoms with Crippen molar-refractivity contribution < 1.29 is 38.2 Å². The van der Waals surface area contributed by atoms with Crippen LogP contribution in [0.3, 0.4) is 0 Å². The number of carbonyl (C=O) groups excluding carboxylic acids is 5. The van der Waals surface area contributed by atoms with Crippen molar-refractivity contribution in [3.8, 4) is 0 Å². The molecule has 1 unspecified atom stereocenters. The van der Waals surface area contributed by atoms with E-state index < -0.39 is 40.7 Å². The fraction of sp³-hybridized carbons (Fsp3) is 0.660. The Balaban J connectivity index is 0.980. The second-order valence-electron chi connectivity index (χ2n) is 21.8. The Morgan fingerprint density at radius 3 is 2.18 bits per heavy atom. The highest BCUT2D eigenvalue weighted by Crippen LogP contribution is 2.90. The molecule has 60 heavy (non-hydrogen) atoms. The molecule has 0 aromatic heterocycles. The summed E-state index contributed by atoms with van der Waals surface area (Å²) >= 11 is 0. The molecule has 10 heteroatoms. The summed E-state index contributed by atoms with van der Waals surface area (Å²) in [5, 5.41) is 6.19. The van der Waals surface area contributed by atoms with E-state index >= 15 is 0 Å². The number of hydrogen-bond donors (Lipinski definition) is 2. The molecular weight excluding hydrogens is 757 g/mol. The average molecular weight is 823 g/mol. The van der Waals surface area contributed by atoms with Crippen LogP contribution in [0.1, 0.15) is 126 Å². The summed E-state index contributed by atoms with van der Waals surface area (Å²) < 4.78 is 17.3. The number of benzene rings is 1. The molecule has 1 spiro atoms. The fourth-order valence-corrected chi connectivity index (χ4v) is 14.1. The molecule has 0 heterocycles. The number of amides is 2. The number of alkyl carbamates (subject to hydrolysis) is 1. The summed E-state index contributed by atoms with van der Waals surface area (Å²) in [6.45, 7) is 26.8. The van der Waals surface area contributed by atoms with E-state index in [0.29, 0.717) is 36.7 Å². The van der Waals surface area contributed by atoms with Gasteiger partial charge in [0.05, 0.1) is 17.4 Å². The third kappa shape index (κ3) is 6.34. The Morgan fingerprint density at radius 2 is 1.53 bits per heavy atom. The van der Waals surface area contributed by atoms with Crippen LogP contribution in [-0.2, 0) is 40.0 Å². The Morgan fingerprint density at radius 1 is 0.850 bits per heavy atom. The molecule has 0 aliphatic heterocycles. The molecule has 6 saturated carbocycles. The monoisotopic (exact) mass is 822 g/mol. The highest BCUT2D eigenvalue weighted by atomic mass is 16.6. The van der Waals surface area contributed by atoms with E-state index in [1.807, 2.05) is 30.3 Å². The van der Waals surface area contributed by atoms with Crippen molar-refractivity contribution in [1.29, 1.82) is 0 Å². The summed E-state index contributed by atoms with van der Waals surface area (Å²) in [5.74, 6) is -0.717. The number of Topliss-reactive ketones (excluding diaryl/α,β-unsaturated/α-hetero) is 1. The third-order valence-corrected chi connectivity index (χ3v) is 16.8. The largest absolute Gasteiger partial charge is 0.460 e. The molecular formula is C50H66N2O8. The van der Waals surface area contributed by atoms with Gasteiger partial charge in [0, 0.05) is 6.42 Å². The van der Waals surface area contributed by atoms with Crippen LogP contribution in [0.15, 0.2) is 65.8 Å². The number of ether oxygens (including phenoxy) is 3. The van der Waals surface area contributed by atoms with Crippen LogP contribution in [0.25, 0.3) is 0 Å². The Hall–Kier alpha value is -4.21. The van der Waals surface area contributed by atoms with E-state index in [9.17, 15) is 24.0 Å². The van der Waals surface area contributed by atoms with Crippen molar-refractivity contribution in [1.82, 2.24) is 10.6 Å². The maximum absolute atomic E-state index is 14.2. The molecule has 2 N–H and O–H groups in total. The van der Waals surface area contributed by atoms with E-state index in [4.69, 9.17) is 14.2 Å². The van der Waals surface area contributed by atoms with Gasteiger partial charge in [0.2, 0.25) is 5.91 Å². The van der Waals surface area contributed by atoms with E-state index in [2.05, 4.69) is 51.5 Å². The zero-order valence-electron chi connectivity index (χ0n) is 37.3. The van der Waals surface area contributed by atoms with Gasteiger partial charge >= 0.3 is 18.0 Å². The lowest BCUT2D eigenvalue weighted by Crippen LogP contribution is -2.63. The molecule has 0 radical (unpaired) electrons. The number of allylic oxidation sites excluding steroid dienone is 1. The topological polar surface area (TPSA) is 137 Å². The van der Waals surface area contributed by atoms with E-state index in [-0.39, 0.29) is 70.7 Å². The standard InChI is InChI=1S/C50H66N2O8/c1-27(2)39-35(53)25-49(51-43(56)46(8,9)52-44(57)60-45(5,6)7)21-22-50-33(40(39)49)17-18-37-47(10)20-19-36(29(4)34(47)24-38(50)48(37,50)11)59-42(55)32-23-31(28(32)3)41(54)58-26-30-15-13-12-14-16-30/h12-16,27,31-34,36-38H,3-4,17-26H2,1-2,5-11H3,(H,51,56)(H,52,57)/t31-,32+,33-,34+,36+,37-,38?,47+,48+,49-,50-/m1/s1. The van der Waals surface area contributed by atoms with Crippen molar-refractivity contribution in [3.63, 3.8) is 0 Å². The highest BCUT2D eigenvalue weighted by Gasteiger charge is 2.85. The summed E-state index contributed by atoms with van der Waals surface area (Å²) in [4.78, 5) is 67.7. The minimum absolute atomic E-state index is 0.00483. The minimum atomic E-state index is -1.27. The normalized spacial score (nSPS) is 37.8. The first-order chi connectivity index (χ1) is 28.0. The molecule has 0 saturated heterocycles. The van der Waals surface area contributed by atoms with Gasteiger partial charge in [-0.15, -0.1) is 0 Å². The zero-order valence-corrected chi connectivity index (χ0v) is 37.3. The van der Waals surface area contributed by atoms with Crippen LogP contribution in [-0.4, -0.2) is 52.5 Å². The first kappa shape index (κ1) is 42.5. The zero-order chi connectivity index (χ0) is 43.5. The minimum Gasteiger partial charge on any atom is -0.460 e. The number of rotatable bonds is 9. The Bertz CT molecular complexity index is 2080. The van der Waals surface area contributed by atoms with Crippen molar-refractivity contribution in [3.05, 3.63) is 71.3 Å². The Labute approximate surface area is 356 Å². The third-order valence-electron chi connectivity index (χ3n) is 16.8. The van der Waals surface area contributed by atoms with Gasteiger partial charge in [0.25, 0.3) is 0 Å². The molecule has 8 rings (SSSR count). The first-order valence-corrected chi connectivity index (χ1v) is 22.4. The van der Waals surface area contributed by atoms with E-state index in [1.54, 1.807) is 34.6 Å². The van der Waals surface area contributed by atoms with Crippen molar-refractivity contribution in [2.45, 2.75) is 149 Å². The smallest absolute Gasteiger partial charge is 0.408 e. The van der Waals surface area contributed by atoms with Crippen molar-refractivity contribution in [2.24, 2.45) is 57.7 Å². The highest BCUT2D eigenvalue weighted by molar-refractivity contribution is 6.03. The van der Waals surface area contributed by atoms with Crippen LogP contribution in [0.4, 0.5) is 4.79 Å². The number of fused-ring (bicyclic) bond motifs is 4. The molecule has 2 amide bonds. The van der Waals surface area contributed by atoms with Gasteiger partial charge < -0.3 is 24.8 Å². The molecule has 0 bridgehead atoms. The van der Waals surface area contributed by atoms with Crippen LogP contribution < -0.4 is 10.6 Å². The lowest BCUT2D eigenvalue weighted by molar-refractivity contribution is -0.161. The maximum atomic E-state index is 14.2. The molecule has 11 atom stereocenters. The quantitative estimate of drug-likeness (QED) is 0.143. The maximum Gasteiger partial charge on any atom is 0.408 e. The molecule has 7 aliphatic carbocycles. The van der Waals surface area contributed by atoms with Crippen LogP contribution >= 0.6 is 0 Å². The van der Waals surface area contributed by atoms with Gasteiger partial charge in [-0.05, 0) is 160 Å². The number of carbonyl (C=O) groups is 5. The van der Waals surface area contributed by atoms with Gasteiger partial charge in [-0.3, -0.25) is 19.2 Å². The SMILES string of the molecule is C=C1[C@H](C(=O)OCc2ccccc2)C[C@@H]1C(=O)O[C@H]1CC[C@]2(C)[C@H]3CC[C@@H]4C5=C(C(C)C)C(=O)C[C@]5(NC(=O)C(C)(C)NC(=O)OC(C)(C)C)CC[C@]45C(C[C@H]2C1=C)[C@]35C. The molecule has 6 fully saturated rings. The second kappa shape index (κ2) is 14.2. The predicted octanol–water partition coefficient (Wildman–Crippen LogP) is 8.74. The van der Waals surface area contributed by atoms with Crippen molar-refractivity contribution in [2.75, 3.05) is 0 Å². The van der Waals surface area contributed by atoms with Gasteiger partial charge in [0.1, 0.15) is 23.9 Å². The van der Waals surface area contributed by atoms with Gasteiger partial charge in [-0.25, -0.2) is 4.79 Å². The average Bonchev–Trinajstić information content (AvgIpc) is 3.53. The van der Waals surface area contributed by atoms with E-state index in [1.165, 1.54) is 0 Å². The molecule has 324 valence electrons. The predicted molar refractivity (Wildman–Crippen MR) is 227 cm³/mol. The summed E-state index contributed by atoms with van der Waals surface area (Å²) in [7, 11) is 0. The molecule has 7 aliphatic rings. The number of ketones is 1. The van der Waals surface area contributed by atoms with E-state index in [0.717, 1.165) is 54.4 Å². The van der Waals surface area contributed by atoms with Crippen LogP contribution in [0, 0.1) is 57.7 Å².